The zero-order chi connectivity index (χ0) is 21.0. The van der Waals surface area contributed by atoms with Gasteiger partial charge < -0.3 is 16.0 Å². The Kier molecular flexibility index (Phi) is 6.30. The van der Waals surface area contributed by atoms with Crippen LogP contribution in [0.25, 0.3) is 10.9 Å². The molecule has 0 aliphatic carbocycles. The van der Waals surface area contributed by atoms with Crippen molar-refractivity contribution in [3.8, 4) is 6.07 Å². The van der Waals surface area contributed by atoms with Crippen molar-refractivity contribution in [1.29, 1.82) is 5.26 Å². The second-order valence-corrected chi connectivity index (χ2v) is 7.68. The van der Waals surface area contributed by atoms with Gasteiger partial charge in [-0.2, -0.15) is 5.26 Å². The van der Waals surface area contributed by atoms with E-state index < -0.39 is 0 Å². The minimum absolute atomic E-state index is 0.540. The normalized spacial score (nSPS) is 10.4. The van der Waals surface area contributed by atoms with Crippen LogP contribution in [-0.4, -0.2) is 23.2 Å². The van der Waals surface area contributed by atoms with Crippen LogP contribution in [0.3, 0.4) is 0 Å². The third-order valence-electron chi connectivity index (χ3n) is 4.71. The number of benzene rings is 2. The highest BCUT2D eigenvalue weighted by molar-refractivity contribution is 7.80. The van der Waals surface area contributed by atoms with Gasteiger partial charge >= 0.3 is 0 Å². The molecule has 3 aromatic rings. The van der Waals surface area contributed by atoms with Crippen LogP contribution in [0.4, 0.5) is 11.5 Å². The topological polar surface area (TPSA) is 72.8 Å². The monoisotopic (exact) mass is 403 g/mol. The summed E-state index contributed by atoms with van der Waals surface area (Å²) in [6.07, 6.45) is 0. The Hall–Kier alpha value is -3.17. The third-order valence-corrected chi connectivity index (χ3v) is 4.95. The first-order valence-corrected chi connectivity index (χ1v) is 9.96. The van der Waals surface area contributed by atoms with E-state index in [1.54, 1.807) is 0 Å². The van der Waals surface area contributed by atoms with Crippen molar-refractivity contribution < 1.29 is 0 Å². The van der Waals surface area contributed by atoms with Crippen LogP contribution < -0.4 is 16.0 Å². The third kappa shape index (κ3) is 5.01. The summed E-state index contributed by atoms with van der Waals surface area (Å²) in [5.74, 6) is 0.599. The van der Waals surface area contributed by atoms with Gasteiger partial charge in [-0.15, -0.1) is 0 Å². The Morgan fingerprint density at radius 2 is 1.76 bits per heavy atom. The summed E-state index contributed by atoms with van der Waals surface area (Å²) < 4.78 is 0. The van der Waals surface area contributed by atoms with Crippen molar-refractivity contribution in [3.63, 3.8) is 0 Å². The Balaban J connectivity index is 1.60. The molecule has 6 heteroatoms. The molecule has 148 valence electrons. The Labute approximate surface area is 177 Å². The number of rotatable bonds is 5. The smallest absolute Gasteiger partial charge is 0.170 e. The molecule has 1 aromatic heterocycles. The first-order chi connectivity index (χ1) is 13.9. The minimum atomic E-state index is 0.540. The summed E-state index contributed by atoms with van der Waals surface area (Å²) in [7, 11) is 0. The van der Waals surface area contributed by atoms with Crippen LogP contribution in [-0.2, 0) is 0 Å². The second kappa shape index (κ2) is 8.89. The maximum Gasteiger partial charge on any atom is 0.170 e. The van der Waals surface area contributed by atoms with E-state index in [0.29, 0.717) is 29.6 Å². The van der Waals surface area contributed by atoms with E-state index in [-0.39, 0.29) is 0 Å². The van der Waals surface area contributed by atoms with Gasteiger partial charge in [0.05, 0.1) is 11.1 Å². The lowest BCUT2D eigenvalue weighted by Crippen LogP contribution is -2.32. The molecule has 2 aromatic carbocycles. The van der Waals surface area contributed by atoms with Crippen molar-refractivity contribution in [3.05, 3.63) is 64.2 Å². The van der Waals surface area contributed by atoms with Crippen molar-refractivity contribution in [2.45, 2.75) is 27.7 Å². The number of pyridine rings is 1. The van der Waals surface area contributed by atoms with Gasteiger partial charge in [-0.05, 0) is 69.2 Å². The summed E-state index contributed by atoms with van der Waals surface area (Å²) in [5.41, 5.74) is 7.08. The highest BCUT2D eigenvalue weighted by atomic mass is 32.1. The molecule has 0 saturated carbocycles. The number of hydrogen-bond acceptors (Lipinski definition) is 4. The Bertz CT molecular complexity index is 1110. The molecule has 0 unspecified atom stereocenters. The molecule has 0 aliphatic rings. The summed E-state index contributed by atoms with van der Waals surface area (Å²) in [6.45, 7) is 9.40. The van der Waals surface area contributed by atoms with Crippen LogP contribution in [0.15, 0.2) is 36.4 Å². The van der Waals surface area contributed by atoms with E-state index in [9.17, 15) is 5.26 Å². The van der Waals surface area contributed by atoms with Gasteiger partial charge in [0.2, 0.25) is 0 Å². The van der Waals surface area contributed by atoms with Gasteiger partial charge in [-0.3, -0.25) is 0 Å². The zero-order valence-electron chi connectivity index (χ0n) is 17.2. The SMILES string of the molecule is Cc1ccc(NC(=S)NCCNc2nc3c(C)cc(C)cc3cc2C#N)c(C)c1. The standard InChI is InChI=1S/C23H25N5S/c1-14-5-6-20(16(3)9-14)27-23(29)26-8-7-25-22-19(13-24)12-18-11-15(2)10-17(4)21(18)28-22/h5-6,9-12H,7-8H2,1-4H3,(H,25,28)(H2,26,27,29). The van der Waals surface area contributed by atoms with Crippen LogP contribution in [0, 0.1) is 39.0 Å². The number of nitrogens with one attached hydrogen (secondary N) is 3. The zero-order valence-corrected chi connectivity index (χ0v) is 18.0. The summed E-state index contributed by atoms with van der Waals surface area (Å²) in [4.78, 5) is 4.68. The van der Waals surface area contributed by atoms with E-state index in [2.05, 4.69) is 65.1 Å². The highest BCUT2D eigenvalue weighted by Crippen LogP contribution is 2.24. The van der Waals surface area contributed by atoms with E-state index >= 15 is 0 Å². The van der Waals surface area contributed by atoms with Crippen LogP contribution in [0.2, 0.25) is 0 Å². The van der Waals surface area contributed by atoms with Gasteiger partial charge in [-0.1, -0.05) is 29.3 Å². The van der Waals surface area contributed by atoms with Gasteiger partial charge in [0.15, 0.2) is 5.11 Å². The molecule has 3 N–H and O–H groups in total. The molecule has 0 amide bonds. The molecule has 3 rings (SSSR count). The molecule has 0 saturated heterocycles. The molecule has 0 fully saturated rings. The largest absolute Gasteiger partial charge is 0.367 e. The van der Waals surface area contributed by atoms with Crippen LogP contribution in [0.5, 0.6) is 0 Å². The van der Waals surface area contributed by atoms with Gasteiger partial charge in [0.25, 0.3) is 0 Å². The Morgan fingerprint density at radius 1 is 1.00 bits per heavy atom. The van der Waals surface area contributed by atoms with Gasteiger partial charge in [0.1, 0.15) is 11.9 Å². The average molecular weight is 404 g/mol. The number of anilines is 2. The molecule has 0 spiro atoms. The van der Waals surface area contributed by atoms with Crippen molar-refractivity contribution in [1.82, 2.24) is 10.3 Å². The molecule has 0 radical (unpaired) electrons. The highest BCUT2D eigenvalue weighted by Gasteiger charge is 2.09. The fraction of sp³-hybridized carbons (Fsp3) is 0.261. The van der Waals surface area contributed by atoms with Gasteiger partial charge in [0, 0.05) is 24.2 Å². The van der Waals surface area contributed by atoms with Crippen molar-refractivity contribution in [2.75, 3.05) is 23.7 Å². The quantitative estimate of drug-likeness (QED) is 0.422. The van der Waals surface area contributed by atoms with E-state index in [4.69, 9.17) is 12.2 Å². The van der Waals surface area contributed by atoms with E-state index in [0.717, 1.165) is 33.3 Å². The second-order valence-electron chi connectivity index (χ2n) is 7.28. The molecule has 0 bridgehead atoms. The first-order valence-electron chi connectivity index (χ1n) is 9.55. The van der Waals surface area contributed by atoms with Crippen molar-refractivity contribution >= 4 is 39.7 Å². The van der Waals surface area contributed by atoms with Crippen molar-refractivity contribution in [2.24, 2.45) is 0 Å². The molecule has 0 aliphatic heterocycles. The molecule has 0 atom stereocenters. The fourth-order valence-corrected chi connectivity index (χ4v) is 3.56. The molecule has 29 heavy (non-hydrogen) atoms. The summed E-state index contributed by atoms with van der Waals surface area (Å²) in [6, 6.07) is 14.5. The number of aryl methyl sites for hydroxylation is 4. The Morgan fingerprint density at radius 3 is 2.48 bits per heavy atom. The summed E-state index contributed by atoms with van der Waals surface area (Å²) >= 11 is 5.38. The fourth-order valence-electron chi connectivity index (χ4n) is 3.35. The molecular formula is C23H25N5S. The number of hydrogen-bond donors (Lipinski definition) is 3. The number of aromatic nitrogens is 1. The predicted octanol–water partition coefficient (Wildman–Crippen LogP) is 4.74. The lowest BCUT2D eigenvalue weighted by molar-refractivity contribution is 0.910. The number of nitriles is 1. The molecule has 5 nitrogen and oxygen atoms in total. The number of thiocarbonyl (C=S) groups is 1. The summed E-state index contributed by atoms with van der Waals surface area (Å²) in [5, 5.41) is 20.7. The average Bonchev–Trinajstić information content (AvgIpc) is 2.67. The number of fused-ring (bicyclic) bond motifs is 1. The van der Waals surface area contributed by atoms with E-state index in [1.807, 2.05) is 26.0 Å². The molecular weight excluding hydrogens is 378 g/mol. The lowest BCUT2D eigenvalue weighted by atomic mass is 10.1. The molecule has 1 heterocycles. The minimum Gasteiger partial charge on any atom is -0.367 e. The number of nitrogens with zero attached hydrogens (tertiary/aromatic N) is 2. The van der Waals surface area contributed by atoms with Gasteiger partial charge in [-0.25, -0.2) is 4.98 Å². The lowest BCUT2D eigenvalue weighted by Gasteiger charge is -2.14. The maximum atomic E-state index is 9.49. The van der Waals surface area contributed by atoms with Crippen LogP contribution >= 0.6 is 12.2 Å². The maximum absolute atomic E-state index is 9.49. The van der Waals surface area contributed by atoms with E-state index in [1.165, 1.54) is 5.56 Å². The first kappa shape index (κ1) is 20.6. The predicted molar refractivity (Wildman–Crippen MR) is 125 cm³/mol. The van der Waals surface area contributed by atoms with Crippen LogP contribution in [0.1, 0.15) is 27.8 Å².